The molecule has 1 saturated heterocycles. The SMILES string of the molecule is O=C(O)N1CCC(OCc2nc(-c3ccc(S(=O)(=O)CCO)c(F)c3)no2)CC1. The highest BCUT2D eigenvalue weighted by Crippen LogP contribution is 2.23. The van der Waals surface area contributed by atoms with Crippen molar-refractivity contribution in [2.24, 2.45) is 0 Å². The number of ether oxygens (including phenoxy) is 1. The van der Waals surface area contributed by atoms with Crippen LogP contribution in [0.4, 0.5) is 9.18 Å². The van der Waals surface area contributed by atoms with Crippen molar-refractivity contribution in [3.63, 3.8) is 0 Å². The van der Waals surface area contributed by atoms with E-state index in [1.165, 1.54) is 11.0 Å². The minimum absolute atomic E-state index is 0.0240. The molecule has 2 N–H and O–H groups in total. The normalized spacial score (nSPS) is 15.6. The minimum atomic E-state index is -3.91. The lowest BCUT2D eigenvalue weighted by molar-refractivity contribution is -0.00953. The Morgan fingerprint density at radius 2 is 2.07 bits per heavy atom. The molecule has 1 fully saturated rings. The molecule has 0 saturated carbocycles. The fraction of sp³-hybridized carbons (Fsp3) is 0.471. The second-order valence-corrected chi connectivity index (χ2v) is 8.56. The molecule has 1 aliphatic rings. The monoisotopic (exact) mass is 429 g/mol. The third-order valence-corrected chi connectivity index (χ3v) is 6.23. The Hall–Kier alpha value is -2.57. The number of hydrogen-bond donors (Lipinski definition) is 2. The summed E-state index contributed by atoms with van der Waals surface area (Å²) in [4.78, 5) is 15.8. The lowest BCUT2D eigenvalue weighted by Crippen LogP contribution is -2.40. The topological polar surface area (TPSA) is 143 Å². The number of likely N-dealkylation sites (tertiary alicyclic amines) is 1. The first kappa shape index (κ1) is 21.1. The molecule has 29 heavy (non-hydrogen) atoms. The number of sulfone groups is 1. The Bertz CT molecular complexity index is 971. The van der Waals surface area contributed by atoms with Crippen LogP contribution in [0.5, 0.6) is 0 Å². The number of aliphatic hydroxyl groups excluding tert-OH is 1. The predicted molar refractivity (Wildman–Crippen MR) is 96.2 cm³/mol. The van der Waals surface area contributed by atoms with Gasteiger partial charge < -0.3 is 24.4 Å². The number of amides is 1. The zero-order valence-electron chi connectivity index (χ0n) is 15.3. The molecule has 0 bridgehead atoms. The van der Waals surface area contributed by atoms with E-state index in [2.05, 4.69) is 10.1 Å². The molecule has 2 aromatic rings. The molecule has 158 valence electrons. The summed E-state index contributed by atoms with van der Waals surface area (Å²) in [7, 11) is -3.91. The van der Waals surface area contributed by atoms with Crippen molar-refractivity contribution < 1.29 is 37.1 Å². The molecule has 1 aromatic heterocycles. The second kappa shape index (κ2) is 8.84. The summed E-state index contributed by atoms with van der Waals surface area (Å²) >= 11 is 0. The van der Waals surface area contributed by atoms with E-state index < -0.39 is 39.0 Å². The van der Waals surface area contributed by atoms with Crippen LogP contribution in [0.25, 0.3) is 11.4 Å². The Kier molecular flexibility index (Phi) is 6.45. The van der Waals surface area contributed by atoms with Gasteiger partial charge in [-0.2, -0.15) is 4.98 Å². The molecule has 12 heteroatoms. The maximum atomic E-state index is 14.2. The number of benzene rings is 1. The van der Waals surface area contributed by atoms with Crippen molar-refractivity contribution in [1.29, 1.82) is 0 Å². The molecule has 1 aromatic carbocycles. The van der Waals surface area contributed by atoms with E-state index in [1.807, 2.05) is 0 Å². The van der Waals surface area contributed by atoms with Gasteiger partial charge in [-0.05, 0) is 31.0 Å². The quantitative estimate of drug-likeness (QED) is 0.665. The van der Waals surface area contributed by atoms with Gasteiger partial charge in [0.2, 0.25) is 5.82 Å². The van der Waals surface area contributed by atoms with Gasteiger partial charge in [0, 0.05) is 18.7 Å². The lowest BCUT2D eigenvalue weighted by Gasteiger charge is -2.29. The van der Waals surface area contributed by atoms with Crippen LogP contribution in [-0.4, -0.2) is 71.3 Å². The van der Waals surface area contributed by atoms with Crippen LogP contribution in [0.2, 0.25) is 0 Å². The number of nitrogens with zero attached hydrogens (tertiary/aromatic N) is 3. The number of carbonyl (C=O) groups is 1. The fourth-order valence-corrected chi connectivity index (χ4v) is 4.05. The van der Waals surface area contributed by atoms with Crippen molar-refractivity contribution in [2.45, 2.75) is 30.4 Å². The zero-order chi connectivity index (χ0) is 21.0. The molecule has 0 aliphatic carbocycles. The van der Waals surface area contributed by atoms with E-state index in [4.69, 9.17) is 19.5 Å². The van der Waals surface area contributed by atoms with Crippen LogP contribution < -0.4 is 0 Å². The molecule has 2 heterocycles. The van der Waals surface area contributed by atoms with E-state index in [1.54, 1.807) is 0 Å². The number of hydrogen-bond acceptors (Lipinski definition) is 8. The number of piperidine rings is 1. The van der Waals surface area contributed by atoms with Crippen LogP contribution in [-0.2, 0) is 21.2 Å². The molecule has 0 unspecified atom stereocenters. The van der Waals surface area contributed by atoms with Crippen LogP contribution in [0, 0.1) is 5.82 Å². The summed E-state index contributed by atoms with van der Waals surface area (Å²) in [6.45, 7) is 0.197. The summed E-state index contributed by atoms with van der Waals surface area (Å²) in [5.41, 5.74) is 0.232. The van der Waals surface area contributed by atoms with E-state index >= 15 is 0 Å². The fourth-order valence-electron chi connectivity index (χ4n) is 2.96. The van der Waals surface area contributed by atoms with Gasteiger partial charge >= 0.3 is 6.09 Å². The highest BCUT2D eigenvalue weighted by Gasteiger charge is 2.24. The maximum Gasteiger partial charge on any atom is 0.407 e. The summed E-state index contributed by atoms with van der Waals surface area (Å²) < 4.78 is 48.8. The largest absolute Gasteiger partial charge is 0.465 e. The number of aliphatic hydroxyl groups is 1. The third-order valence-electron chi connectivity index (χ3n) is 4.51. The van der Waals surface area contributed by atoms with E-state index in [0.717, 1.165) is 12.1 Å². The van der Waals surface area contributed by atoms with Gasteiger partial charge in [-0.25, -0.2) is 17.6 Å². The first-order chi connectivity index (χ1) is 13.8. The van der Waals surface area contributed by atoms with Gasteiger partial charge in [-0.3, -0.25) is 0 Å². The Morgan fingerprint density at radius 1 is 1.34 bits per heavy atom. The third kappa shape index (κ3) is 5.08. The summed E-state index contributed by atoms with van der Waals surface area (Å²) in [6, 6.07) is 3.43. The smallest absolute Gasteiger partial charge is 0.407 e. The Labute approximate surface area is 165 Å². The van der Waals surface area contributed by atoms with Gasteiger partial charge in [0.15, 0.2) is 9.84 Å². The summed E-state index contributed by atoms with van der Waals surface area (Å²) in [5.74, 6) is -1.30. The zero-order valence-corrected chi connectivity index (χ0v) is 16.1. The average molecular weight is 429 g/mol. The van der Waals surface area contributed by atoms with Gasteiger partial charge in [0.25, 0.3) is 5.89 Å². The summed E-state index contributed by atoms with van der Waals surface area (Å²) in [6.07, 6.45) is 0.0340. The highest BCUT2D eigenvalue weighted by molar-refractivity contribution is 7.91. The van der Waals surface area contributed by atoms with Crippen LogP contribution in [0.1, 0.15) is 18.7 Å². The van der Waals surface area contributed by atoms with E-state index in [9.17, 15) is 17.6 Å². The van der Waals surface area contributed by atoms with Gasteiger partial charge in [-0.1, -0.05) is 5.16 Å². The van der Waals surface area contributed by atoms with Crippen molar-refractivity contribution in [2.75, 3.05) is 25.4 Å². The lowest BCUT2D eigenvalue weighted by atomic mass is 10.1. The molecular formula is C17H20FN3O7S. The first-order valence-electron chi connectivity index (χ1n) is 8.86. The number of carboxylic acid groups (broad SMARTS) is 1. The molecule has 10 nitrogen and oxygen atoms in total. The van der Waals surface area contributed by atoms with Crippen molar-refractivity contribution in [3.05, 3.63) is 29.9 Å². The maximum absolute atomic E-state index is 14.2. The number of aromatic nitrogens is 2. The number of rotatable bonds is 7. The second-order valence-electron chi connectivity index (χ2n) is 6.48. The average Bonchev–Trinajstić information content (AvgIpc) is 3.15. The molecule has 0 spiro atoms. The first-order valence-corrected chi connectivity index (χ1v) is 10.5. The standard InChI is InChI=1S/C17H20FN3O7S/c18-13-9-11(1-2-14(13)29(25,26)8-7-22)16-19-15(28-20-16)10-27-12-3-5-21(6-4-12)17(23)24/h1-2,9,12,22H,3-8,10H2,(H,23,24). The Balaban J connectivity index is 1.62. The van der Waals surface area contributed by atoms with Crippen molar-refractivity contribution in [1.82, 2.24) is 15.0 Å². The minimum Gasteiger partial charge on any atom is -0.465 e. The Morgan fingerprint density at radius 3 is 2.69 bits per heavy atom. The van der Waals surface area contributed by atoms with E-state index in [-0.39, 0.29) is 30.0 Å². The molecule has 3 rings (SSSR count). The molecule has 0 atom stereocenters. The number of halogens is 1. The summed E-state index contributed by atoms with van der Waals surface area (Å²) in [5, 5.41) is 21.5. The highest BCUT2D eigenvalue weighted by atomic mass is 32.2. The van der Waals surface area contributed by atoms with Gasteiger partial charge in [-0.15, -0.1) is 0 Å². The van der Waals surface area contributed by atoms with Crippen LogP contribution >= 0.6 is 0 Å². The predicted octanol–water partition coefficient (Wildman–Crippen LogP) is 1.30. The molecule has 1 aliphatic heterocycles. The van der Waals surface area contributed by atoms with Crippen molar-refractivity contribution >= 4 is 15.9 Å². The van der Waals surface area contributed by atoms with Gasteiger partial charge in [0.1, 0.15) is 17.3 Å². The molecular weight excluding hydrogens is 409 g/mol. The van der Waals surface area contributed by atoms with Crippen LogP contribution in [0.15, 0.2) is 27.6 Å². The van der Waals surface area contributed by atoms with Crippen LogP contribution in [0.3, 0.4) is 0 Å². The van der Waals surface area contributed by atoms with E-state index in [0.29, 0.717) is 25.9 Å². The van der Waals surface area contributed by atoms with Crippen molar-refractivity contribution in [3.8, 4) is 11.4 Å². The molecule has 1 amide bonds. The molecule has 0 radical (unpaired) electrons. The van der Waals surface area contributed by atoms with Gasteiger partial charge in [0.05, 0.1) is 18.5 Å².